The zero-order chi connectivity index (χ0) is 15.3. The smallest absolute Gasteiger partial charge is 0.321 e. The number of hydrogen-bond donors (Lipinski definition) is 2. The van der Waals surface area contributed by atoms with Crippen molar-refractivity contribution in [3.63, 3.8) is 0 Å². The number of hydrogen-bond acceptors (Lipinski definition) is 5. The molecule has 0 aliphatic heterocycles. The van der Waals surface area contributed by atoms with Crippen molar-refractivity contribution in [2.45, 2.75) is 23.8 Å². The Kier molecular flexibility index (Phi) is 5.28. The zero-order valence-electron chi connectivity index (χ0n) is 11.1. The van der Waals surface area contributed by atoms with Crippen molar-refractivity contribution < 1.29 is 27.9 Å². The standard InChI is InChI=1S/C11H16N2O6S/c1-13-6-5-8(7-13)20(17,18)12-9(11(15)16)3-4-10(14)19-2/h5-7,9,12H,3-4H2,1-2H3,(H,15,16). The number of aromatic nitrogens is 1. The lowest BCUT2D eigenvalue weighted by Crippen LogP contribution is -2.41. The fraction of sp³-hybridized carbons (Fsp3) is 0.455. The maximum Gasteiger partial charge on any atom is 0.321 e. The first kappa shape index (κ1) is 16.2. The molecule has 0 aliphatic carbocycles. The summed E-state index contributed by atoms with van der Waals surface area (Å²) < 4.78 is 31.9. The molecule has 0 amide bonds. The van der Waals surface area contributed by atoms with Gasteiger partial charge in [-0.25, -0.2) is 8.42 Å². The summed E-state index contributed by atoms with van der Waals surface area (Å²) in [6.07, 6.45) is 2.50. The van der Waals surface area contributed by atoms with Gasteiger partial charge in [0.2, 0.25) is 10.0 Å². The fourth-order valence-corrected chi connectivity index (χ4v) is 2.76. The number of ether oxygens (including phenoxy) is 1. The van der Waals surface area contributed by atoms with Crippen LogP contribution >= 0.6 is 0 Å². The number of aryl methyl sites for hydroxylation is 1. The van der Waals surface area contributed by atoms with Crippen LogP contribution in [0.4, 0.5) is 0 Å². The van der Waals surface area contributed by atoms with E-state index in [-0.39, 0.29) is 17.7 Å². The normalized spacial score (nSPS) is 12.9. The topological polar surface area (TPSA) is 115 Å². The number of esters is 1. The summed E-state index contributed by atoms with van der Waals surface area (Å²) in [6, 6.07) is -0.0408. The van der Waals surface area contributed by atoms with Gasteiger partial charge < -0.3 is 14.4 Å². The van der Waals surface area contributed by atoms with E-state index in [0.29, 0.717) is 0 Å². The van der Waals surface area contributed by atoms with Gasteiger partial charge in [-0.05, 0) is 12.5 Å². The number of carbonyl (C=O) groups is 2. The second-order valence-electron chi connectivity index (χ2n) is 4.14. The average Bonchev–Trinajstić information content (AvgIpc) is 2.81. The Morgan fingerprint density at radius 3 is 2.60 bits per heavy atom. The van der Waals surface area contributed by atoms with Crippen molar-refractivity contribution in [2.24, 2.45) is 7.05 Å². The van der Waals surface area contributed by atoms with E-state index in [9.17, 15) is 18.0 Å². The number of carboxylic acids is 1. The highest BCUT2D eigenvalue weighted by Gasteiger charge is 2.26. The van der Waals surface area contributed by atoms with Gasteiger partial charge in [-0.15, -0.1) is 0 Å². The summed E-state index contributed by atoms with van der Waals surface area (Å²) in [7, 11) is -1.13. The lowest BCUT2D eigenvalue weighted by atomic mass is 10.2. The van der Waals surface area contributed by atoms with Crippen molar-refractivity contribution in [3.8, 4) is 0 Å². The quantitative estimate of drug-likeness (QED) is 0.669. The second-order valence-corrected chi connectivity index (χ2v) is 5.85. The molecule has 1 rings (SSSR count). The fourth-order valence-electron chi connectivity index (χ4n) is 1.49. The number of nitrogens with one attached hydrogen (secondary N) is 1. The van der Waals surface area contributed by atoms with Crippen LogP contribution in [0, 0.1) is 0 Å². The minimum atomic E-state index is -3.94. The first-order chi connectivity index (χ1) is 9.26. The van der Waals surface area contributed by atoms with Gasteiger partial charge in [0.1, 0.15) is 6.04 Å². The summed E-state index contributed by atoms with van der Waals surface area (Å²) in [4.78, 5) is 22.0. The Morgan fingerprint density at radius 2 is 2.15 bits per heavy atom. The molecule has 0 aliphatic rings. The summed E-state index contributed by atoms with van der Waals surface area (Å²) >= 11 is 0. The molecular formula is C11H16N2O6S. The monoisotopic (exact) mass is 304 g/mol. The summed E-state index contributed by atoms with van der Waals surface area (Å²) in [5.74, 6) is -1.96. The molecule has 2 N–H and O–H groups in total. The van der Waals surface area contributed by atoms with Crippen LogP contribution in [0.3, 0.4) is 0 Å². The van der Waals surface area contributed by atoms with Crippen LogP contribution in [0.25, 0.3) is 0 Å². The molecule has 1 aromatic rings. The maximum absolute atomic E-state index is 12.0. The molecule has 0 bridgehead atoms. The van der Waals surface area contributed by atoms with Crippen molar-refractivity contribution in [2.75, 3.05) is 7.11 Å². The predicted octanol–water partition coefficient (Wildman–Crippen LogP) is -0.290. The van der Waals surface area contributed by atoms with E-state index in [1.807, 2.05) is 0 Å². The molecule has 0 spiro atoms. The largest absolute Gasteiger partial charge is 0.480 e. The van der Waals surface area contributed by atoms with Gasteiger partial charge >= 0.3 is 11.9 Å². The van der Waals surface area contributed by atoms with Gasteiger partial charge in [-0.3, -0.25) is 9.59 Å². The van der Waals surface area contributed by atoms with Gasteiger partial charge in [0.05, 0.1) is 12.0 Å². The average molecular weight is 304 g/mol. The van der Waals surface area contributed by atoms with Crippen LogP contribution in [0.5, 0.6) is 0 Å². The van der Waals surface area contributed by atoms with E-state index in [1.165, 1.54) is 30.1 Å². The van der Waals surface area contributed by atoms with Crippen LogP contribution in [0.2, 0.25) is 0 Å². The van der Waals surface area contributed by atoms with Crippen LogP contribution in [0.15, 0.2) is 23.4 Å². The van der Waals surface area contributed by atoms with Crippen LogP contribution < -0.4 is 4.72 Å². The minimum absolute atomic E-state index is 0.0377. The Hall–Kier alpha value is -1.87. The predicted molar refractivity (Wildman–Crippen MR) is 68.4 cm³/mol. The molecule has 112 valence electrons. The molecule has 1 unspecified atom stereocenters. The van der Waals surface area contributed by atoms with E-state index in [0.717, 1.165) is 0 Å². The van der Waals surface area contributed by atoms with Crippen molar-refractivity contribution in [1.29, 1.82) is 0 Å². The summed E-state index contributed by atoms with van der Waals surface area (Å²) in [6.45, 7) is 0. The van der Waals surface area contributed by atoms with Gasteiger partial charge in [0.25, 0.3) is 0 Å². The molecule has 9 heteroatoms. The maximum atomic E-state index is 12.0. The van der Waals surface area contributed by atoms with Gasteiger partial charge in [0.15, 0.2) is 0 Å². The van der Waals surface area contributed by atoms with Gasteiger partial charge in [0, 0.05) is 25.9 Å². The van der Waals surface area contributed by atoms with Crippen LogP contribution in [-0.4, -0.2) is 43.2 Å². The van der Waals surface area contributed by atoms with Crippen LogP contribution in [0.1, 0.15) is 12.8 Å². The second kappa shape index (κ2) is 6.53. The van der Waals surface area contributed by atoms with E-state index in [2.05, 4.69) is 9.46 Å². The van der Waals surface area contributed by atoms with E-state index in [1.54, 1.807) is 7.05 Å². The van der Waals surface area contributed by atoms with Crippen molar-refractivity contribution in [1.82, 2.24) is 9.29 Å². The number of sulfonamides is 1. The molecule has 0 aromatic carbocycles. The van der Waals surface area contributed by atoms with Crippen LogP contribution in [-0.2, 0) is 31.4 Å². The molecule has 0 saturated heterocycles. The Labute approximate surface area is 116 Å². The first-order valence-electron chi connectivity index (χ1n) is 5.70. The first-order valence-corrected chi connectivity index (χ1v) is 7.18. The molecule has 0 radical (unpaired) electrons. The molecule has 20 heavy (non-hydrogen) atoms. The zero-order valence-corrected chi connectivity index (χ0v) is 11.9. The minimum Gasteiger partial charge on any atom is -0.480 e. The highest BCUT2D eigenvalue weighted by Crippen LogP contribution is 2.11. The number of methoxy groups -OCH3 is 1. The SMILES string of the molecule is COC(=O)CCC(NS(=O)(=O)c1ccn(C)c1)C(=O)O. The van der Waals surface area contributed by atoms with Crippen molar-refractivity contribution >= 4 is 22.0 Å². The number of carboxylic acid groups (broad SMARTS) is 1. The number of aliphatic carboxylic acids is 1. The Morgan fingerprint density at radius 1 is 1.50 bits per heavy atom. The van der Waals surface area contributed by atoms with E-state index in [4.69, 9.17) is 5.11 Å². The Balaban J connectivity index is 2.80. The van der Waals surface area contributed by atoms with E-state index < -0.39 is 28.0 Å². The lowest BCUT2D eigenvalue weighted by molar-refractivity contribution is -0.142. The summed E-state index contributed by atoms with van der Waals surface area (Å²) in [5.41, 5.74) is 0. The third-order valence-electron chi connectivity index (χ3n) is 2.58. The molecule has 8 nitrogen and oxygen atoms in total. The van der Waals surface area contributed by atoms with Gasteiger partial charge in [-0.2, -0.15) is 4.72 Å². The van der Waals surface area contributed by atoms with Crippen molar-refractivity contribution in [3.05, 3.63) is 18.5 Å². The van der Waals surface area contributed by atoms with Gasteiger partial charge in [-0.1, -0.05) is 0 Å². The molecule has 1 aromatic heterocycles. The molecule has 1 atom stereocenters. The number of rotatable bonds is 7. The van der Waals surface area contributed by atoms with E-state index >= 15 is 0 Å². The number of carbonyl (C=O) groups excluding carboxylic acids is 1. The summed E-state index contributed by atoms with van der Waals surface area (Å²) in [5, 5.41) is 8.99. The third kappa shape index (κ3) is 4.35. The highest BCUT2D eigenvalue weighted by atomic mass is 32.2. The highest BCUT2D eigenvalue weighted by molar-refractivity contribution is 7.89. The molecule has 0 saturated carbocycles. The lowest BCUT2D eigenvalue weighted by Gasteiger charge is -2.13. The number of nitrogens with zero attached hydrogens (tertiary/aromatic N) is 1. The molecule has 1 heterocycles. The molecule has 0 fully saturated rings. The Bertz CT molecular complexity index is 592. The molecular weight excluding hydrogens is 288 g/mol. The third-order valence-corrected chi connectivity index (χ3v) is 4.03.